The maximum atomic E-state index is 12.8. The van der Waals surface area contributed by atoms with Crippen molar-refractivity contribution in [2.24, 2.45) is 4.99 Å². The van der Waals surface area contributed by atoms with Gasteiger partial charge in [-0.1, -0.05) is 12.1 Å². The Morgan fingerprint density at radius 2 is 1.89 bits per heavy atom. The second-order valence-electron chi connectivity index (χ2n) is 5.82. The first-order valence-corrected chi connectivity index (χ1v) is 8.76. The zero-order chi connectivity index (χ0) is 20.4. The Hall–Kier alpha value is -3.10. The minimum absolute atomic E-state index is 0.0985. The van der Waals surface area contributed by atoms with Crippen molar-refractivity contribution in [2.75, 3.05) is 19.6 Å². The Labute approximate surface area is 161 Å². The number of nitrogens with zero attached hydrogens (tertiary/aromatic N) is 2. The van der Waals surface area contributed by atoms with Crippen LogP contribution in [0.3, 0.4) is 0 Å². The van der Waals surface area contributed by atoms with Gasteiger partial charge in [0.2, 0.25) is 0 Å². The van der Waals surface area contributed by atoms with Gasteiger partial charge in [-0.15, -0.1) is 0 Å². The zero-order valence-electron chi connectivity index (χ0n) is 15.4. The summed E-state index contributed by atoms with van der Waals surface area (Å²) in [7, 11) is 0. The predicted octanol–water partition coefficient (Wildman–Crippen LogP) is 2.59. The predicted molar refractivity (Wildman–Crippen MR) is 101 cm³/mol. The molecule has 0 aliphatic rings. The third kappa shape index (κ3) is 6.90. The monoisotopic (exact) mass is 393 g/mol. The fourth-order valence-electron chi connectivity index (χ4n) is 2.31. The van der Waals surface area contributed by atoms with Crippen LogP contribution in [0.5, 0.6) is 0 Å². The minimum Gasteiger partial charge on any atom is -0.357 e. The van der Waals surface area contributed by atoms with Crippen LogP contribution >= 0.6 is 0 Å². The molecule has 0 fully saturated rings. The van der Waals surface area contributed by atoms with Gasteiger partial charge < -0.3 is 16.0 Å². The lowest BCUT2D eigenvalue weighted by Crippen LogP contribution is -2.41. The van der Waals surface area contributed by atoms with Gasteiger partial charge in [0.1, 0.15) is 0 Å². The summed E-state index contributed by atoms with van der Waals surface area (Å²) >= 11 is 0. The van der Waals surface area contributed by atoms with E-state index in [0.717, 1.165) is 12.1 Å². The van der Waals surface area contributed by atoms with Crippen LogP contribution in [0.1, 0.15) is 28.4 Å². The average Bonchev–Trinajstić information content (AvgIpc) is 2.69. The number of hydrogen-bond donors (Lipinski definition) is 3. The van der Waals surface area contributed by atoms with E-state index in [9.17, 15) is 18.0 Å². The second kappa shape index (κ2) is 10.3. The van der Waals surface area contributed by atoms with Gasteiger partial charge in [0, 0.05) is 32.0 Å². The Morgan fingerprint density at radius 3 is 2.57 bits per heavy atom. The van der Waals surface area contributed by atoms with Crippen molar-refractivity contribution < 1.29 is 18.0 Å². The number of benzene rings is 1. The number of aliphatic imine (C=N–C) groups is 1. The molecule has 1 aromatic carbocycles. The molecule has 0 radical (unpaired) electrons. The normalized spacial score (nSPS) is 11.8. The summed E-state index contributed by atoms with van der Waals surface area (Å²) in [6.07, 6.45) is -1.32. The number of guanidine groups is 1. The van der Waals surface area contributed by atoms with Gasteiger partial charge in [0.15, 0.2) is 5.96 Å². The Kier molecular flexibility index (Phi) is 7.79. The first-order chi connectivity index (χ1) is 13.4. The number of nitrogens with one attached hydrogen (secondary N) is 3. The smallest absolute Gasteiger partial charge is 0.357 e. The van der Waals surface area contributed by atoms with Crippen molar-refractivity contribution in [2.45, 2.75) is 19.6 Å². The van der Waals surface area contributed by atoms with E-state index >= 15 is 0 Å². The van der Waals surface area contributed by atoms with E-state index in [2.05, 4.69) is 25.9 Å². The number of aromatic nitrogens is 1. The highest BCUT2D eigenvalue weighted by atomic mass is 19.4. The Morgan fingerprint density at radius 1 is 1.11 bits per heavy atom. The third-order valence-corrected chi connectivity index (χ3v) is 3.65. The largest absolute Gasteiger partial charge is 0.416 e. The van der Waals surface area contributed by atoms with Crippen LogP contribution in [-0.2, 0) is 12.7 Å². The average molecular weight is 393 g/mol. The molecule has 1 aromatic heterocycles. The molecule has 0 aliphatic carbocycles. The van der Waals surface area contributed by atoms with E-state index in [0.29, 0.717) is 36.7 Å². The van der Waals surface area contributed by atoms with Gasteiger partial charge in [0.25, 0.3) is 5.91 Å². The highest BCUT2D eigenvalue weighted by Crippen LogP contribution is 2.29. The fourth-order valence-corrected chi connectivity index (χ4v) is 2.31. The van der Waals surface area contributed by atoms with Crippen molar-refractivity contribution in [3.63, 3.8) is 0 Å². The van der Waals surface area contributed by atoms with Gasteiger partial charge in [-0.05, 0) is 36.8 Å². The van der Waals surface area contributed by atoms with Crippen molar-refractivity contribution >= 4 is 11.9 Å². The van der Waals surface area contributed by atoms with Gasteiger partial charge >= 0.3 is 6.18 Å². The second-order valence-corrected chi connectivity index (χ2v) is 5.82. The lowest BCUT2D eigenvalue weighted by Gasteiger charge is -2.12. The molecule has 6 nitrogen and oxygen atoms in total. The lowest BCUT2D eigenvalue weighted by molar-refractivity contribution is -0.137. The molecule has 0 aliphatic heterocycles. The van der Waals surface area contributed by atoms with Crippen molar-refractivity contribution in [1.82, 2.24) is 20.9 Å². The van der Waals surface area contributed by atoms with Gasteiger partial charge in [0.05, 0.1) is 17.7 Å². The van der Waals surface area contributed by atoms with Crippen molar-refractivity contribution in [3.05, 3.63) is 65.5 Å². The Bertz CT molecular complexity index is 794. The van der Waals surface area contributed by atoms with E-state index in [1.54, 1.807) is 24.4 Å². The highest BCUT2D eigenvalue weighted by Gasteiger charge is 2.30. The maximum Gasteiger partial charge on any atom is 0.416 e. The third-order valence-electron chi connectivity index (χ3n) is 3.65. The minimum atomic E-state index is -4.38. The van der Waals surface area contributed by atoms with Crippen LogP contribution in [0, 0.1) is 0 Å². The first kappa shape index (κ1) is 21.2. The van der Waals surface area contributed by atoms with Gasteiger partial charge in [-0.25, -0.2) is 4.99 Å². The number of amides is 1. The summed E-state index contributed by atoms with van der Waals surface area (Å²) < 4.78 is 38.3. The number of pyridine rings is 1. The number of hydrogen-bond acceptors (Lipinski definition) is 3. The van der Waals surface area contributed by atoms with Crippen molar-refractivity contribution in [1.29, 1.82) is 0 Å². The van der Waals surface area contributed by atoms with E-state index in [1.165, 1.54) is 12.3 Å². The molecule has 3 N–H and O–H groups in total. The van der Waals surface area contributed by atoms with Crippen LogP contribution in [0.2, 0.25) is 0 Å². The number of carbonyl (C=O) groups is 1. The molecule has 0 saturated carbocycles. The molecular weight excluding hydrogens is 371 g/mol. The molecule has 2 rings (SSSR count). The topological polar surface area (TPSA) is 78.4 Å². The maximum absolute atomic E-state index is 12.8. The van der Waals surface area contributed by atoms with Crippen molar-refractivity contribution in [3.8, 4) is 0 Å². The molecule has 0 spiro atoms. The summed E-state index contributed by atoms with van der Waals surface area (Å²) in [6, 6.07) is 8.41. The summed E-state index contributed by atoms with van der Waals surface area (Å²) in [5.74, 6) is 0.219. The van der Waals surface area contributed by atoms with E-state index in [1.807, 2.05) is 6.92 Å². The number of rotatable bonds is 7. The van der Waals surface area contributed by atoms with Gasteiger partial charge in [-0.3, -0.25) is 9.78 Å². The zero-order valence-corrected chi connectivity index (χ0v) is 15.4. The molecular formula is C19H22F3N5O. The molecule has 9 heteroatoms. The quantitative estimate of drug-likeness (QED) is 0.384. The van der Waals surface area contributed by atoms with Crippen LogP contribution < -0.4 is 16.0 Å². The number of alkyl halides is 3. The molecule has 0 bridgehead atoms. The molecule has 2 aromatic rings. The van der Waals surface area contributed by atoms with Crippen LogP contribution in [0.15, 0.2) is 53.8 Å². The summed E-state index contributed by atoms with van der Waals surface area (Å²) in [4.78, 5) is 20.1. The standard InChI is InChI=1S/C19H22F3N5O/c1-2-24-18(26-10-9-25-17(28)15-6-4-8-23-13-15)27-12-14-5-3-7-16(11-14)19(20,21)22/h3-8,11,13H,2,9-10,12H2,1H3,(H,25,28)(H2,24,26,27). The molecule has 1 amide bonds. The van der Waals surface area contributed by atoms with E-state index < -0.39 is 11.7 Å². The SMILES string of the molecule is CCNC(=NCc1cccc(C(F)(F)F)c1)NCCNC(=O)c1cccnc1. The molecule has 0 unspecified atom stereocenters. The first-order valence-electron chi connectivity index (χ1n) is 8.76. The van der Waals surface area contributed by atoms with E-state index in [4.69, 9.17) is 0 Å². The molecule has 0 atom stereocenters. The van der Waals surface area contributed by atoms with Crippen LogP contribution in [0.25, 0.3) is 0 Å². The molecule has 1 heterocycles. The summed E-state index contributed by atoms with van der Waals surface area (Å²) in [5.41, 5.74) is 0.223. The number of halogens is 3. The van der Waals surface area contributed by atoms with E-state index in [-0.39, 0.29) is 12.5 Å². The fraction of sp³-hybridized carbons (Fsp3) is 0.316. The highest BCUT2D eigenvalue weighted by molar-refractivity contribution is 5.93. The molecule has 28 heavy (non-hydrogen) atoms. The summed E-state index contributed by atoms with van der Waals surface area (Å²) in [5, 5.41) is 8.79. The Balaban J connectivity index is 1.86. The lowest BCUT2D eigenvalue weighted by atomic mass is 10.1. The van der Waals surface area contributed by atoms with Gasteiger partial charge in [-0.2, -0.15) is 13.2 Å². The molecule has 0 saturated heterocycles. The number of carbonyl (C=O) groups excluding carboxylic acids is 1. The van der Waals surface area contributed by atoms with Crippen LogP contribution in [0.4, 0.5) is 13.2 Å². The summed E-state index contributed by atoms with van der Waals surface area (Å²) in [6.45, 7) is 3.32. The van der Waals surface area contributed by atoms with Crippen LogP contribution in [-0.4, -0.2) is 36.5 Å². The molecule has 150 valence electrons.